The predicted molar refractivity (Wildman–Crippen MR) is 81.9 cm³/mol. The van der Waals surface area contributed by atoms with Crippen LogP contribution in [0.2, 0.25) is 10.0 Å². The molecule has 0 unspecified atom stereocenters. The maximum Gasteiger partial charge on any atom is 0.224 e. The first-order valence-electron chi connectivity index (χ1n) is 5.91. The first-order valence-corrected chi connectivity index (χ1v) is 6.67. The minimum absolute atomic E-state index is 0.440. The summed E-state index contributed by atoms with van der Waals surface area (Å²) in [5.41, 5.74) is 0.845. The zero-order chi connectivity index (χ0) is 14.5. The molecular formula is C13H14Cl2N4O. The van der Waals surface area contributed by atoms with E-state index in [-0.39, 0.29) is 0 Å². The van der Waals surface area contributed by atoms with E-state index < -0.39 is 0 Å². The lowest BCUT2D eigenvalue weighted by atomic mass is 10.2. The van der Waals surface area contributed by atoms with Crippen LogP contribution in [0.1, 0.15) is 5.56 Å². The van der Waals surface area contributed by atoms with Crippen molar-refractivity contribution < 1.29 is 4.74 Å². The second-order valence-corrected chi connectivity index (χ2v) is 4.73. The van der Waals surface area contributed by atoms with E-state index in [4.69, 9.17) is 27.9 Å². The molecule has 0 aliphatic carbocycles. The molecule has 0 aliphatic heterocycles. The van der Waals surface area contributed by atoms with Gasteiger partial charge in [-0.25, -0.2) is 4.98 Å². The Morgan fingerprint density at radius 1 is 1.25 bits per heavy atom. The largest absolute Gasteiger partial charge is 0.496 e. The molecule has 5 nitrogen and oxygen atoms in total. The molecule has 1 heterocycles. The second kappa shape index (κ2) is 6.63. The average molecular weight is 313 g/mol. The van der Waals surface area contributed by atoms with Crippen molar-refractivity contribution in [2.45, 2.75) is 6.54 Å². The van der Waals surface area contributed by atoms with Crippen LogP contribution < -0.4 is 15.4 Å². The monoisotopic (exact) mass is 312 g/mol. The highest BCUT2D eigenvalue weighted by Gasteiger charge is 2.10. The van der Waals surface area contributed by atoms with Crippen LogP contribution in [0.25, 0.3) is 0 Å². The van der Waals surface area contributed by atoms with E-state index in [9.17, 15) is 0 Å². The van der Waals surface area contributed by atoms with Gasteiger partial charge < -0.3 is 15.4 Å². The number of rotatable bonds is 5. The van der Waals surface area contributed by atoms with Crippen LogP contribution in [-0.2, 0) is 6.54 Å². The Morgan fingerprint density at radius 3 is 2.75 bits per heavy atom. The molecule has 7 heteroatoms. The van der Waals surface area contributed by atoms with Gasteiger partial charge in [0.05, 0.1) is 13.3 Å². The van der Waals surface area contributed by atoms with Crippen LogP contribution in [0.5, 0.6) is 5.75 Å². The second-order valence-electron chi connectivity index (χ2n) is 3.91. The van der Waals surface area contributed by atoms with Gasteiger partial charge in [0.1, 0.15) is 10.8 Å². The number of halogens is 2. The number of ether oxygens (including phenoxy) is 1. The van der Waals surface area contributed by atoms with E-state index in [0.29, 0.717) is 34.1 Å². The number of aromatic nitrogens is 2. The molecule has 106 valence electrons. The fourth-order valence-corrected chi connectivity index (χ4v) is 2.08. The molecule has 0 amide bonds. The van der Waals surface area contributed by atoms with E-state index in [2.05, 4.69) is 20.6 Å². The number of hydrogen-bond donors (Lipinski definition) is 2. The maximum atomic E-state index is 6.17. The Morgan fingerprint density at radius 2 is 2.05 bits per heavy atom. The predicted octanol–water partition coefficient (Wildman–Crippen LogP) is 3.45. The van der Waals surface area contributed by atoms with E-state index >= 15 is 0 Å². The van der Waals surface area contributed by atoms with Crippen molar-refractivity contribution in [3.8, 4) is 5.75 Å². The third-order valence-electron chi connectivity index (χ3n) is 2.70. The molecule has 0 atom stereocenters. The molecule has 1 aromatic carbocycles. The van der Waals surface area contributed by atoms with Crippen LogP contribution in [-0.4, -0.2) is 24.1 Å². The summed E-state index contributed by atoms with van der Waals surface area (Å²) in [7, 11) is 3.34. The molecule has 0 aliphatic rings. The van der Waals surface area contributed by atoms with Crippen molar-refractivity contribution in [3.63, 3.8) is 0 Å². The standard InChI is InChI=1S/C13H14Cl2N4O/c1-16-13-18-7-10(15)12(19-13)17-6-8-9(14)4-3-5-11(8)20-2/h3-5,7H,6H2,1-2H3,(H2,16,17,18,19). The topological polar surface area (TPSA) is 59.1 Å². The Labute approximate surface area is 127 Å². The Bertz CT molecular complexity index is 607. The highest BCUT2D eigenvalue weighted by molar-refractivity contribution is 6.33. The summed E-state index contributed by atoms with van der Waals surface area (Å²) in [4.78, 5) is 8.26. The molecule has 0 saturated carbocycles. The molecule has 0 radical (unpaired) electrons. The SMILES string of the molecule is CNc1ncc(Cl)c(NCc2c(Cl)cccc2OC)n1. The van der Waals surface area contributed by atoms with Gasteiger partial charge >= 0.3 is 0 Å². The zero-order valence-electron chi connectivity index (χ0n) is 11.1. The lowest BCUT2D eigenvalue weighted by Gasteiger charge is -2.12. The molecule has 2 rings (SSSR count). The van der Waals surface area contributed by atoms with Gasteiger partial charge in [-0.2, -0.15) is 4.98 Å². The zero-order valence-corrected chi connectivity index (χ0v) is 12.6. The van der Waals surface area contributed by atoms with E-state index in [1.165, 1.54) is 6.20 Å². The van der Waals surface area contributed by atoms with Crippen molar-refractivity contribution in [2.24, 2.45) is 0 Å². The van der Waals surface area contributed by atoms with Gasteiger partial charge in [0.15, 0.2) is 5.82 Å². The number of nitrogens with one attached hydrogen (secondary N) is 2. The minimum atomic E-state index is 0.440. The lowest BCUT2D eigenvalue weighted by Crippen LogP contribution is -2.06. The van der Waals surface area contributed by atoms with Crippen LogP contribution >= 0.6 is 23.2 Å². The number of benzene rings is 1. The average Bonchev–Trinajstić information content (AvgIpc) is 2.47. The molecule has 0 bridgehead atoms. The van der Waals surface area contributed by atoms with Crippen molar-refractivity contribution in [1.29, 1.82) is 0 Å². The molecule has 20 heavy (non-hydrogen) atoms. The van der Waals surface area contributed by atoms with E-state index in [1.54, 1.807) is 14.2 Å². The molecule has 0 fully saturated rings. The highest BCUT2D eigenvalue weighted by atomic mass is 35.5. The molecule has 0 spiro atoms. The number of methoxy groups -OCH3 is 1. The lowest BCUT2D eigenvalue weighted by molar-refractivity contribution is 0.410. The fraction of sp³-hybridized carbons (Fsp3) is 0.231. The van der Waals surface area contributed by atoms with Crippen molar-refractivity contribution >= 4 is 35.0 Å². The van der Waals surface area contributed by atoms with Gasteiger partial charge in [-0.3, -0.25) is 0 Å². The summed E-state index contributed by atoms with van der Waals surface area (Å²) < 4.78 is 5.29. The third-order valence-corrected chi connectivity index (χ3v) is 3.33. The van der Waals surface area contributed by atoms with Crippen LogP contribution in [0.4, 0.5) is 11.8 Å². The first-order chi connectivity index (χ1) is 9.65. The number of anilines is 2. The number of hydrogen-bond acceptors (Lipinski definition) is 5. The van der Waals surface area contributed by atoms with Crippen molar-refractivity contribution in [2.75, 3.05) is 24.8 Å². The van der Waals surface area contributed by atoms with Crippen LogP contribution in [0.15, 0.2) is 24.4 Å². The van der Waals surface area contributed by atoms with Gasteiger partial charge in [-0.1, -0.05) is 29.3 Å². The van der Waals surface area contributed by atoms with Gasteiger partial charge in [0.2, 0.25) is 5.95 Å². The normalized spacial score (nSPS) is 10.2. The summed E-state index contributed by atoms with van der Waals surface area (Å²) in [5.74, 6) is 1.74. The van der Waals surface area contributed by atoms with Crippen LogP contribution in [0.3, 0.4) is 0 Å². The minimum Gasteiger partial charge on any atom is -0.496 e. The maximum absolute atomic E-state index is 6.17. The third kappa shape index (κ3) is 3.23. The first kappa shape index (κ1) is 14.7. The van der Waals surface area contributed by atoms with Crippen molar-refractivity contribution in [1.82, 2.24) is 9.97 Å². The Hall–Kier alpha value is -1.72. The molecule has 1 aromatic heterocycles. The van der Waals surface area contributed by atoms with Crippen molar-refractivity contribution in [3.05, 3.63) is 40.0 Å². The fourth-order valence-electron chi connectivity index (χ4n) is 1.69. The molecule has 0 saturated heterocycles. The van der Waals surface area contributed by atoms with Gasteiger partial charge in [0, 0.05) is 24.2 Å². The molecule has 2 N–H and O–H groups in total. The summed E-state index contributed by atoms with van der Waals surface area (Å²) in [6, 6.07) is 5.49. The Balaban J connectivity index is 2.21. The van der Waals surface area contributed by atoms with E-state index in [1.807, 2.05) is 18.2 Å². The van der Waals surface area contributed by atoms with Gasteiger partial charge in [0.25, 0.3) is 0 Å². The molecule has 2 aromatic rings. The van der Waals surface area contributed by atoms with Crippen LogP contribution in [0, 0.1) is 0 Å². The smallest absolute Gasteiger partial charge is 0.224 e. The quantitative estimate of drug-likeness (QED) is 0.885. The summed E-state index contributed by atoms with van der Waals surface area (Å²) in [5, 5.41) is 7.05. The number of nitrogens with zero attached hydrogens (tertiary/aromatic N) is 2. The summed E-state index contributed by atoms with van der Waals surface area (Å²) in [6.07, 6.45) is 1.53. The van der Waals surface area contributed by atoms with Gasteiger partial charge in [-0.15, -0.1) is 0 Å². The highest BCUT2D eigenvalue weighted by Crippen LogP contribution is 2.28. The Kier molecular flexibility index (Phi) is 4.87. The van der Waals surface area contributed by atoms with E-state index in [0.717, 1.165) is 5.56 Å². The molecular weight excluding hydrogens is 299 g/mol. The van der Waals surface area contributed by atoms with Gasteiger partial charge in [-0.05, 0) is 12.1 Å². The summed E-state index contributed by atoms with van der Waals surface area (Å²) in [6.45, 7) is 0.447. The summed E-state index contributed by atoms with van der Waals surface area (Å²) >= 11 is 12.2.